The van der Waals surface area contributed by atoms with Crippen molar-refractivity contribution >= 4 is 22.7 Å². The molecular weight excluding hydrogens is 420 g/mol. The van der Waals surface area contributed by atoms with Crippen LogP contribution in [-0.4, -0.2) is 33.8 Å². The van der Waals surface area contributed by atoms with Gasteiger partial charge in [-0.1, -0.05) is 30.3 Å². The molecule has 168 valence electrons. The average molecular weight is 444 g/mol. The highest BCUT2D eigenvalue weighted by Gasteiger charge is 2.14. The maximum absolute atomic E-state index is 11.2. The predicted molar refractivity (Wildman–Crippen MR) is 126 cm³/mol. The number of aryl methyl sites for hydroxylation is 1. The number of amidine groups is 1. The third kappa shape index (κ3) is 4.64. The number of rotatable bonds is 8. The molecule has 4 N–H and O–H groups in total. The summed E-state index contributed by atoms with van der Waals surface area (Å²) in [6.07, 6.45) is -0.154. The molecule has 4 rings (SSSR count). The number of fused-ring (bicyclic) bond motifs is 1. The zero-order valence-electron chi connectivity index (χ0n) is 18.3. The second kappa shape index (κ2) is 9.04. The first kappa shape index (κ1) is 21.9. The van der Waals surface area contributed by atoms with Crippen molar-refractivity contribution in [3.8, 4) is 22.6 Å². The summed E-state index contributed by atoms with van der Waals surface area (Å²) in [6, 6.07) is 18.6. The molecule has 0 amide bonds. The van der Waals surface area contributed by atoms with Crippen molar-refractivity contribution in [2.75, 3.05) is 7.11 Å². The number of nitrogens with zero attached hydrogens (tertiary/aromatic N) is 2. The van der Waals surface area contributed by atoms with Gasteiger partial charge in [-0.3, -0.25) is 14.9 Å². The SMILES string of the molecule is COc1ccc(CC(=O)O)c(OCc2nn(C)c3ccc(-c4cccc(C(=N)N)c4)cc23)c1. The van der Waals surface area contributed by atoms with Crippen LogP contribution >= 0.6 is 0 Å². The van der Waals surface area contributed by atoms with E-state index in [4.69, 9.17) is 20.6 Å². The Hall–Kier alpha value is -4.33. The molecule has 0 radical (unpaired) electrons. The van der Waals surface area contributed by atoms with E-state index in [2.05, 4.69) is 5.10 Å². The van der Waals surface area contributed by atoms with E-state index in [1.165, 1.54) is 0 Å². The molecule has 8 heteroatoms. The fourth-order valence-corrected chi connectivity index (χ4v) is 3.74. The third-order valence-electron chi connectivity index (χ3n) is 5.41. The molecule has 1 heterocycles. The third-order valence-corrected chi connectivity index (χ3v) is 5.41. The molecule has 0 saturated carbocycles. The molecular formula is C25H24N4O4. The van der Waals surface area contributed by atoms with Crippen LogP contribution in [0.4, 0.5) is 0 Å². The predicted octanol–water partition coefficient (Wildman–Crippen LogP) is 3.74. The van der Waals surface area contributed by atoms with Crippen molar-refractivity contribution in [2.24, 2.45) is 12.8 Å². The van der Waals surface area contributed by atoms with Gasteiger partial charge in [0.2, 0.25) is 0 Å². The number of benzene rings is 3. The summed E-state index contributed by atoms with van der Waals surface area (Å²) in [7, 11) is 3.41. The van der Waals surface area contributed by atoms with Crippen LogP contribution in [0.2, 0.25) is 0 Å². The Morgan fingerprint density at radius 2 is 1.91 bits per heavy atom. The molecule has 0 unspecified atom stereocenters. The lowest BCUT2D eigenvalue weighted by atomic mass is 10.0. The van der Waals surface area contributed by atoms with Crippen LogP contribution in [0.25, 0.3) is 22.0 Å². The number of hydrogen-bond donors (Lipinski definition) is 3. The summed E-state index contributed by atoms with van der Waals surface area (Å²) in [5, 5.41) is 22.4. The normalized spacial score (nSPS) is 10.8. The highest BCUT2D eigenvalue weighted by Crippen LogP contribution is 2.30. The van der Waals surface area contributed by atoms with Crippen LogP contribution in [-0.2, 0) is 24.9 Å². The zero-order valence-corrected chi connectivity index (χ0v) is 18.3. The fraction of sp³-hybridized carbons (Fsp3) is 0.160. The van der Waals surface area contributed by atoms with Gasteiger partial charge in [-0.15, -0.1) is 0 Å². The Labute approximate surface area is 190 Å². The summed E-state index contributed by atoms with van der Waals surface area (Å²) in [6.45, 7) is 0.161. The second-order valence-electron chi connectivity index (χ2n) is 7.63. The molecule has 33 heavy (non-hydrogen) atoms. The van der Waals surface area contributed by atoms with Crippen molar-refractivity contribution in [3.63, 3.8) is 0 Å². The van der Waals surface area contributed by atoms with Gasteiger partial charge in [0.25, 0.3) is 0 Å². The number of aromatic nitrogens is 2. The average Bonchev–Trinajstić information content (AvgIpc) is 3.13. The van der Waals surface area contributed by atoms with E-state index >= 15 is 0 Å². The molecule has 0 aliphatic carbocycles. The van der Waals surface area contributed by atoms with Crippen molar-refractivity contribution in [1.29, 1.82) is 5.41 Å². The van der Waals surface area contributed by atoms with E-state index in [9.17, 15) is 9.90 Å². The number of nitrogen functional groups attached to an aromatic ring is 1. The van der Waals surface area contributed by atoms with E-state index < -0.39 is 5.97 Å². The first-order chi connectivity index (χ1) is 15.9. The van der Waals surface area contributed by atoms with Gasteiger partial charge in [0.1, 0.15) is 29.6 Å². The molecule has 4 aromatic rings. The largest absolute Gasteiger partial charge is 0.497 e. The number of hydrogen-bond acceptors (Lipinski definition) is 5. The van der Waals surface area contributed by atoms with Crippen molar-refractivity contribution < 1.29 is 19.4 Å². The molecule has 0 aliphatic rings. The quantitative estimate of drug-likeness (QED) is 0.281. The Balaban J connectivity index is 1.68. The minimum absolute atomic E-state index is 0.0175. The van der Waals surface area contributed by atoms with Crippen LogP contribution in [0.1, 0.15) is 16.8 Å². The van der Waals surface area contributed by atoms with Crippen LogP contribution in [0, 0.1) is 5.41 Å². The lowest BCUT2D eigenvalue weighted by Crippen LogP contribution is -2.10. The van der Waals surface area contributed by atoms with Crippen LogP contribution in [0.15, 0.2) is 60.7 Å². The van der Waals surface area contributed by atoms with Crippen LogP contribution in [0.3, 0.4) is 0 Å². The van der Waals surface area contributed by atoms with E-state index in [0.29, 0.717) is 22.6 Å². The molecule has 0 aliphatic heterocycles. The lowest BCUT2D eigenvalue weighted by Gasteiger charge is -2.11. The highest BCUT2D eigenvalue weighted by molar-refractivity contribution is 5.96. The van der Waals surface area contributed by atoms with Crippen LogP contribution < -0.4 is 15.2 Å². The fourth-order valence-electron chi connectivity index (χ4n) is 3.74. The molecule has 3 aromatic carbocycles. The van der Waals surface area contributed by atoms with Gasteiger partial charge in [0.15, 0.2) is 0 Å². The summed E-state index contributed by atoms with van der Waals surface area (Å²) < 4.78 is 13.1. The lowest BCUT2D eigenvalue weighted by molar-refractivity contribution is -0.136. The second-order valence-corrected chi connectivity index (χ2v) is 7.63. The molecule has 8 nitrogen and oxygen atoms in total. The van der Waals surface area contributed by atoms with Crippen LogP contribution in [0.5, 0.6) is 11.5 Å². The Morgan fingerprint density at radius 3 is 2.64 bits per heavy atom. The smallest absolute Gasteiger partial charge is 0.307 e. The molecule has 0 bridgehead atoms. The van der Waals surface area contributed by atoms with E-state index in [1.54, 1.807) is 36.1 Å². The zero-order chi connectivity index (χ0) is 23.5. The number of methoxy groups -OCH3 is 1. The number of ether oxygens (including phenoxy) is 2. The standard InChI is InChI=1S/C25H24N4O4/c1-29-22-9-7-16(15-4-3-5-18(10-15)25(26)27)11-20(22)21(28-29)14-33-23-13-19(32-2)8-6-17(23)12-24(30)31/h3-11,13H,12,14H2,1-2H3,(H3,26,27)(H,30,31). The summed E-state index contributed by atoms with van der Waals surface area (Å²) in [5.41, 5.74) is 10.4. The minimum Gasteiger partial charge on any atom is -0.497 e. The van der Waals surface area contributed by atoms with Crippen molar-refractivity contribution in [1.82, 2.24) is 9.78 Å². The van der Waals surface area contributed by atoms with Crippen molar-refractivity contribution in [3.05, 3.63) is 77.5 Å². The van der Waals surface area contributed by atoms with Gasteiger partial charge >= 0.3 is 5.97 Å². The first-order valence-electron chi connectivity index (χ1n) is 10.3. The molecule has 0 saturated heterocycles. The number of carbonyl (C=O) groups is 1. The van der Waals surface area contributed by atoms with Gasteiger partial charge in [-0.2, -0.15) is 5.10 Å². The van der Waals surface area contributed by atoms with Gasteiger partial charge in [0, 0.05) is 29.6 Å². The summed E-state index contributed by atoms with van der Waals surface area (Å²) >= 11 is 0. The van der Waals surface area contributed by atoms with E-state index in [0.717, 1.165) is 27.7 Å². The molecule has 0 spiro atoms. The minimum atomic E-state index is -0.939. The number of carboxylic acids is 1. The maximum atomic E-state index is 11.2. The Morgan fingerprint density at radius 1 is 1.12 bits per heavy atom. The maximum Gasteiger partial charge on any atom is 0.307 e. The highest BCUT2D eigenvalue weighted by atomic mass is 16.5. The number of nitrogens with one attached hydrogen (secondary N) is 1. The number of nitrogens with two attached hydrogens (primary N) is 1. The van der Waals surface area contributed by atoms with E-state index in [1.807, 2.05) is 43.4 Å². The topological polar surface area (TPSA) is 123 Å². The van der Waals surface area contributed by atoms with Gasteiger partial charge in [-0.05, 0) is 35.4 Å². The summed E-state index contributed by atoms with van der Waals surface area (Å²) in [5.74, 6) is 0.105. The number of aliphatic carboxylic acids is 1. The van der Waals surface area contributed by atoms with E-state index in [-0.39, 0.29) is 18.9 Å². The monoisotopic (exact) mass is 444 g/mol. The van der Waals surface area contributed by atoms with Gasteiger partial charge in [-0.25, -0.2) is 0 Å². The molecule has 0 fully saturated rings. The molecule has 0 atom stereocenters. The number of carboxylic acid groups (broad SMARTS) is 1. The molecule has 1 aromatic heterocycles. The Kier molecular flexibility index (Phi) is 5.99. The van der Waals surface area contributed by atoms with Gasteiger partial charge < -0.3 is 20.3 Å². The van der Waals surface area contributed by atoms with Gasteiger partial charge in [0.05, 0.1) is 19.0 Å². The Bertz CT molecular complexity index is 1360. The first-order valence-corrected chi connectivity index (χ1v) is 10.3. The van der Waals surface area contributed by atoms with Crippen molar-refractivity contribution in [2.45, 2.75) is 13.0 Å². The summed E-state index contributed by atoms with van der Waals surface area (Å²) in [4.78, 5) is 11.2.